The van der Waals surface area contributed by atoms with E-state index < -0.39 is 0 Å². The van der Waals surface area contributed by atoms with E-state index in [0.717, 1.165) is 10.4 Å². The van der Waals surface area contributed by atoms with Crippen molar-refractivity contribution in [1.29, 1.82) is 0 Å². The van der Waals surface area contributed by atoms with Gasteiger partial charge in [-0.3, -0.25) is 4.79 Å². The lowest BCUT2D eigenvalue weighted by atomic mass is 10.2. The summed E-state index contributed by atoms with van der Waals surface area (Å²) in [5, 5.41) is 9.23. The Kier molecular flexibility index (Phi) is 4.75. The predicted octanol–water partition coefficient (Wildman–Crippen LogP) is 2.78. The number of aliphatic hydroxyl groups excluding tert-OH is 1. The average molecular weight is 335 g/mol. The Hall–Kier alpha value is -1.76. The SMILES string of the molecule is CC1COC(CO)CN1C(=O)c1ccc(-c2ccc(F)cc2)s1. The molecule has 0 aliphatic carbocycles. The van der Waals surface area contributed by atoms with E-state index >= 15 is 0 Å². The number of morpholine rings is 1. The minimum Gasteiger partial charge on any atom is -0.394 e. The third-order valence-corrected chi connectivity index (χ3v) is 5.04. The maximum Gasteiger partial charge on any atom is 0.264 e. The second kappa shape index (κ2) is 6.78. The van der Waals surface area contributed by atoms with Gasteiger partial charge in [-0.25, -0.2) is 4.39 Å². The van der Waals surface area contributed by atoms with Crippen LogP contribution in [0.4, 0.5) is 4.39 Å². The molecule has 1 aromatic carbocycles. The van der Waals surface area contributed by atoms with Crippen LogP contribution in [-0.2, 0) is 4.74 Å². The van der Waals surface area contributed by atoms with Gasteiger partial charge in [-0.1, -0.05) is 12.1 Å². The topological polar surface area (TPSA) is 49.8 Å². The number of hydrogen-bond acceptors (Lipinski definition) is 4. The zero-order valence-corrected chi connectivity index (χ0v) is 13.6. The van der Waals surface area contributed by atoms with Gasteiger partial charge in [0.25, 0.3) is 5.91 Å². The molecule has 0 saturated carbocycles. The van der Waals surface area contributed by atoms with E-state index in [9.17, 15) is 14.3 Å². The molecule has 6 heteroatoms. The molecule has 1 aliphatic heterocycles. The van der Waals surface area contributed by atoms with Crippen LogP contribution in [0.5, 0.6) is 0 Å². The Morgan fingerprint density at radius 3 is 2.78 bits per heavy atom. The maximum atomic E-state index is 13.0. The van der Waals surface area contributed by atoms with E-state index in [2.05, 4.69) is 0 Å². The van der Waals surface area contributed by atoms with Crippen LogP contribution in [0.15, 0.2) is 36.4 Å². The molecular weight excluding hydrogens is 317 g/mol. The molecular formula is C17H18FNO3S. The van der Waals surface area contributed by atoms with Gasteiger partial charge in [-0.15, -0.1) is 11.3 Å². The highest BCUT2D eigenvalue weighted by Gasteiger charge is 2.30. The van der Waals surface area contributed by atoms with Crippen LogP contribution in [0, 0.1) is 5.82 Å². The second-order valence-electron chi connectivity index (χ2n) is 5.62. The summed E-state index contributed by atoms with van der Waals surface area (Å²) in [5.41, 5.74) is 0.888. The maximum absolute atomic E-state index is 13.0. The van der Waals surface area contributed by atoms with Crippen LogP contribution >= 0.6 is 11.3 Å². The first-order chi connectivity index (χ1) is 11.1. The van der Waals surface area contributed by atoms with Gasteiger partial charge < -0.3 is 14.7 Å². The number of hydrogen-bond donors (Lipinski definition) is 1. The Morgan fingerprint density at radius 1 is 1.35 bits per heavy atom. The highest BCUT2D eigenvalue weighted by molar-refractivity contribution is 7.17. The van der Waals surface area contributed by atoms with Crippen LogP contribution in [0.25, 0.3) is 10.4 Å². The summed E-state index contributed by atoms with van der Waals surface area (Å²) in [7, 11) is 0. The smallest absolute Gasteiger partial charge is 0.264 e. The van der Waals surface area contributed by atoms with Crippen molar-refractivity contribution in [3.8, 4) is 10.4 Å². The van der Waals surface area contributed by atoms with Crippen molar-refractivity contribution in [2.75, 3.05) is 19.8 Å². The molecule has 1 saturated heterocycles. The largest absolute Gasteiger partial charge is 0.394 e. The molecule has 1 aliphatic rings. The van der Waals surface area contributed by atoms with Gasteiger partial charge in [0, 0.05) is 11.4 Å². The van der Waals surface area contributed by atoms with E-state index in [4.69, 9.17) is 4.74 Å². The zero-order valence-electron chi connectivity index (χ0n) is 12.7. The van der Waals surface area contributed by atoms with Crippen LogP contribution in [0.3, 0.4) is 0 Å². The van der Waals surface area contributed by atoms with Crippen molar-refractivity contribution in [3.05, 3.63) is 47.1 Å². The fraction of sp³-hybridized carbons (Fsp3) is 0.353. The summed E-state index contributed by atoms with van der Waals surface area (Å²) in [6.45, 7) is 2.65. The number of halogens is 1. The number of ether oxygens (including phenoxy) is 1. The Morgan fingerprint density at radius 2 is 2.09 bits per heavy atom. The lowest BCUT2D eigenvalue weighted by Gasteiger charge is -2.37. The molecule has 4 nitrogen and oxygen atoms in total. The molecule has 0 bridgehead atoms. The second-order valence-corrected chi connectivity index (χ2v) is 6.70. The van der Waals surface area contributed by atoms with Gasteiger partial charge in [0.15, 0.2) is 0 Å². The minimum absolute atomic E-state index is 0.0262. The number of thiophene rings is 1. The molecule has 2 aromatic rings. The minimum atomic E-state index is -0.327. The molecule has 2 unspecified atom stereocenters. The van der Waals surface area contributed by atoms with Crippen molar-refractivity contribution in [3.63, 3.8) is 0 Å². The third-order valence-electron chi connectivity index (χ3n) is 3.92. The van der Waals surface area contributed by atoms with Crippen molar-refractivity contribution < 1.29 is 19.0 Å². The molecule has 23 heavy (non-hydrogen) atoms. The highest BCUT2D eigenvalue weighted by atomic mass is 32.1. The fourth-order valence-corrected chi connectivity index (χ4v) is 3.54. The Balaban J connectivity index is 1.79. The van der Waals surface area contributed by atoms with E-state index in [0.29, 0.717) is 18.0 Å². The summed E-state index contributed by atoms with van der Waals surface area (Å²) in [6.07, 6.45) is -0.327. The monoisotopic (exact) mass is 335 g/mol. The number of benzene rings is 1. The van der Waals surface area contributed by atoms with Gasteiger partial charge >= 0.3 is 0 Å². The zero-order chi connectivity index (χ0) is 16.4. The first kappa shape index (κ1) is 16.1. The summed E-state index contributed by atoms with van der Waals surface area (Å²) in [4.78, 5) is 16.0. The standard InChI is InChI=1S/C17H18FNO3S/c1-11-10-22-14(9-20)8-19(11)17(21)16-7-6-15(23-16)12-2-4-13(18)5-3-12/h2-7,11,14,20H,8-10H2,1H3. The van der Waals surface area contributed by atoms with Crippen molar-refractivity contribution >= 4 is 17.2 Å². The third kappa shape index (κ3) is 3.44. The van der Waals surface area contributed by atoms with Gasteiger partial charge in [-0.05, 0) is 36.8 Å². The molecule has 2 heterocycles. The molecule has 0 spiro atoms. The van der Waals surface area contributed by atoms with E-state index in [1.165, 1.54) is 23.5 Å². The van der Waals surface area contributed by atoms with E-state index in [-0.39, 0.29) is 30.5 Å². The molecule has 1 N–H and O–H groups in total. The van der Waals surface area contributed by atoms with Crippen molar-refractivity contribution in [2.24, 2.45) is 0 Å². The molecule has 122 valence electrons. The van der Waals surface area contributed by atoms with Gasteiger partial charge in [0.2, 0.25) is 0 Å². The lowest BCUT2D eigenvalue weighted by Crippen LogP contribution is -2.51. The first-order valence-electron chi connectivity index (χ1n) is 7.47. The summed E-state index contributed by atoms with van der Waals surface area (Å²) in [5.74, 6) is -0.337. The van der Waals surface area contributed by atoms with Crippen molar-refractivity contribution in [2.45, 2.75) is 19.1 Å². The Labute approximate surface area is 138 Å². The molecule has 3 rings (SSSR count). The number of carbonyl (C=O) groups is 1. The summed E-state index contributed by atoms with van der Waals surface area (Å²) >= 11 is 1.39. The molecule has 1 aromatic heterocycles. The first-order valence-corrected chi connectivity index (χ1v) is 8.29. The summed E-state index contributed by atoms with van der Waals surface area (Å²) in [6, 6.07) is 9.87. The fourth-order valence-electron chi connectivity index (χ4n) is 2.57. The molecule has 2 atom stereocenters. The van der Waals surface area contributed by atoms with Gasteiger partial charge in [-0.2, -0.15) is 0 Å². The average Bonchev–Trinajstić information content (AvgIpc) is 3.05. The Bertz CT molecular complexity index is 685. The van der Waals surface area contributed by atoms with Gasteiger partial charge in [0.05, 0.1) is 30.2 Å². The predicted molar refractivity (Wildman–Crippen MR) is 87.0 cm³/mol. The molecule has 1 fully saturated rings. The number of rotatable bonds is 3. The number of aliphatic hydroxyl groups is 1. The number of nitrogens with zero attached hydrogens (tertiary/aromatic N) is 1. The lowest BCUT2D eigenvalue weighted by molar-refractivity contribution is -0.0666. The van der Waals surface area contributed by atoms with E-state index in [1.54, 1.807) is 23.1 Å². The molecule has 0 radical (unpaired) electrons. The number of amides is 1. The van der Waals surface area contributed by atoms with E-state index in [1.807, 2.05) is 13.0 Å². The van der Waals surface area contributed by atoms with Crippen molar-refractivity contribution in [1.82, 2.24) is 4.90 Å². The quantitative estimate of drug-likeness (QED) is 0.938. The van der Waals surface area contributed by atoms with Crippen LogP contribution in [0.2, 0.25) is 0 Å². The van der Waals surface area contributed by atoms with Crippen LogP contribution in [-0.4, -0.2) is 47.8 Å². The molecule has 1 amide bonds. The van der Waals surface area contributed by atoms with Crippen LogP contribution in [0.1, 0.15) is 16.6 Å². The van der Waals surface area contributed by atoms with Crippen LogP contribution < -0.4 is 0 Å². The number of carbonyl (C=O) groups excluding carboxylic acids is 1. The van der Waals surface area contributed by atoms with Gasteiger partial charge in [0.1, 0.15) is 5.82 Å². The highest BCUT2D eigenvalue weighted by Crippen LogP contribution is 2.29. The normalized spacial score (nSPS) is 21.4. The summed E-state index contributed by atoms with van der Waals surface area (Å²) < 4.78 is 18.5.